The number of Topliss-reactive ketones (excluding diaryl/α,β-unsaturated/α-hetero) is 3. The van der Waals surface area contributed by atoms with E-state index >= 15 is 0 Å². The SMILES string of the molecule is CC(=O)C1=C(O)[C@@]2(O)C(=O)C3=C(O)c4c(O)c([N+](=O)[O-])cc(N(C)C)c4C[C@H]3C[C@H]2[C@H](N(C)C)C1=O. The number of hydrogen-bond acceptors (Lipinski definition) is 11. The van der Waals surface area contributed by atoms with Gasteiger partial charge in [-0.1, -0.05) is 0 Å². The van der Waals surface area contributed by atoms with E-state index in [4.69, 9.17) is 0 Å². The van der Waals surface area contributed by atoms with Gasteiger partial charge in [-0.15, -0.1) is 0 Å². The number of ketones is 3. The fourth-order valence-electron chi connectivity index (χ4n) is 5.92. The smallest absolute Gasteiger partial charge is 0.313 e. The predicted octanol–water partition coefficient (Wildman–Crippen LogP) is 1.04. The lowest BCUT2D eigenvalue weighted by atomic mass is 9.57. The van der Waals surface area contributed by atoms with Gasteiger partial charge in [-0.25, -0.2) is 0 Å². The van der Waals surface area contributed by atoms with Gasteiger partial charge in [0.05, 0.1) is 16.5 Å². The lowest BCUT2D eigenvalue weighted by Crippen LogP contribution is -2.65. The van der Waals surface area contributed by atoms with Gasteiger partial charge in [0.15, 0.2) is 17.2 Å². The monoisotopic (exact) mass is 501 g/mol. The average molecular weight is 501 g/mol. The minimum atomic E-state index is -2.69. The van der Waals surface area contributed by atoms with Crippen molar-refractivity contribution in [3.05, 3.63) is 44.2 Å². The molecule has 0 aromatic heterocycles. The highest BCUT2D eigenvalue weighted by atomic mass is 16.6. The first-order chi connectivity index (χ1) is 16.7. The summed E-state index contributed by atoms with van der Waals surface area (Å²) in [5, 5.41) is 56.0. The number of phenols is 1. The van der Waals surface area contributed by atoms with Crippen molar-refractivity contribution in [2.24, 2.45) is 11.8 Å². The van der Waals surface area contributed by atoms with Gasteiger partial charge in [0.1, 0.15) is 17.1 Å². The van der Waals surface area contributed by atoms with Crippen LogP contribution in [0.3, 0.4) is 0 Å². The Morgan fingerprint density at radius 1 is 1.17 bits per heavy atom. The summed E-state index contributed by atoms with van der Waals surface area (Å²) in [5.41, 5.74) is -3.99. The molecule has 1 aromatic carbocycles. The molecule has 0 amide bonds. The highest BCUT2D eigenvalue weighted by molar-refractivity contribution is 6.25. The van der Waals surface area contributed by atoms with Gasteiger partial charge in [-0.3, -0.25) is 29.4 Å². The third kappa shape index (κ3) is 3.17. The molecular weight excluding hydrogens is 474 g/mol. The first-order valence-corrected chi connectivity index (χ1v) is 11.2. The minimum Gasteiger partial charge on any atom is -0.508 e. The molecule has 0 saturated heterocycles. The Hall–Kier alpha value is -3.77. The highest BCUT2D eigenvalue weighted by Gasteiger charge is 2.64. The number of likely N-dealkylation sites (N-methyl/N-ethyl adjacent to an activating group) is 1. The molecule has 4 N–H and O–H groups in total. The van der Waals surface area contributed by atoms with Crippen molar-refractivity contribution in [3.8, 4) is 5.75 Å². The quantitative estimate of drug-likeness (QED) is 0.263. The molecule has 4 rings (SSSR count). The number of phenolic OH excluding ortho intramolecular Hbond substituents is 1. The van der Waals surface area contributed by atoms with Gasteiger partial charge in [-0.2, -0.15) is 0 Å². The maximum absolute atomic E-state index is 13.8. The summed E-state index contributed by atoms with van der Waals surface area (Å²) >= 11 is 0. The van der Waals surface area contributed by atoms with Crippen LogP contribution in [-0.2, 0) is 20.8 Å². The molecule has 0 heterocycles. The number of carbonyl (C=O) groups is 3. The normalized spacial score (nSPS) is 27.6. The van der Waals surface area contributed by atoms with Crippen molar-refractivity contribution in [2.45, 2.75) is 31.4 Å². The maximum atomic E-state index is 13.8. The zero-order chi connectivity index (χ0) is 27.0. The molecule has 3 aliphatic rings. The third-order valence-electron chi connectivity index (χ3n) is 7.46. The van der Waals surface area contributed by atoms with Crippen molar-refractivity contribution < 1.29 is 39.7 Å². The molecule has 12 heteroatoms. The molecule has 0 spiro atoms. The van der Waals surface area contributed by atoms with E-state index in [0.717, 1.165) is 6.92 Å². The van der Waals surface area contributed by atoms with Crippen LogP contribution in [0.25, 0.3) is 5.76 Å². The van der Waals surface area contributed by atoms with E-state index in [1.54, 1.807) is 33.1 Å². The molecule has 0 unspecified atom stereocenters. The lowest BCUT2D eigenvalue weighted by Gasteiger charge is -2.50. The Morgan fingerprint density at radius 2 is 1.78 bits per heavy atom. The molecular formula is C24H27N3O9. The number of nitro groups is 1. The first kappa shape index (κ1) is 25.3. The van der Waals surface area contributed by atoms with Crippen LogP contribution in [-0.4, -0.2) is 87.4 Å². The van der Waals surface area contributed by atoms with Crippen LogP contribution in [0.2, 0.25) is 0 Å². The molecule has 0 radical (unpaired) electrons. The zero-order valence-electron chi connectivity index (χ0n) is 20.4. The molecule has 192 valence electrons. The predicted molar refractivity (Wildman–Crippen MR) is 127 cm³/mol. The van der Waals surface area contributed by atoms with E-state index in [1.165, 1.54) is 11.0 Å². The number of fused-ring (bicyclic) bond motifs is 3. The van der Waals surface area contributed by atoms with Crippen molar-refractivity contribution in [3.63, 3.8) is 0 Å². The van der Waals surface area contributed by atoms with Crippen LogP contribution in [0.1, 0.15) is 24.5 Å². The molecule has 36 heavy (non-hydrogen) atoms. The number of aliphatic hydroxyl groups excluding tert-OH is 2. The Balaban J connectivity index is 2.03. The molecule has 1 aromatic rings. The van der Waals surface area contributed by atoms with Crippen molar-refractivity contribution in [1.29, 1.82) is 0 Å². The molecule has 1 saturated carbocycles. The van der Waals surface area contributed by atoms with Gasteiger partial charge < -0.3 is 25.3 Å². The summed E-state index contributed by atoms with van der Waals surface area (Å²) in [6.45, 7) is 1.03. The largest absolute Gasteiger partial charge is 0.508 e. The second-order valence-corrected chi connectivity index (χ2v) is 9.92. The van der Waals surface area contributed by atoms with Crippen LogP contribution in [0.15, 0.2) is 23.0 Å². The molecule has 12 nitrogen and oxygen atoms in total. The number of rotatable bonds is 4. The van der Waals surface area contributed by atoms with Crippen LogP contribution in [0, 0.1) is 22.0 Å². The summed E-state index contributed by atoms with van der Waals surface area (Å²) in [7, 11) is 6.36. The minimum absolute atomic E-state index is 0.0322. The van der Waals surface area contributed by atoms with E-state index in [9.17, 15) is 44.9 Å². The second-order valence-electron chi connectivity index (χ2n) is 9.92. The Kier molecular flexibility index (Phi) is 5.72. The van der Waals surface area contributed by atoms with Gasteiger partial charge in [-0.05, 0) is 45.3 Å². The van der Waals surface area contributed by atoms with Crippen LogP contribution in [0.4, 0.5) is 11.4 Å². The molecule has 3 aliphatic carbocycles. The highest BCUT2D eigenvalue weighted by Crippen LogP contribution is 2.54. The van der Waals surface area contributed by atoms with E-state index in [2.05, 4.69) is 0 Å². The molecule has 0 bridgehead atoms. The number of nitrogens with zero attached hydrogens (tertiary/aromatic N) is 3. The summed E-state index contributed by atoms with van der Waals surface area (Å²) in [6, 6.07) is 0.0610. The number of anilines is 1. The number of carbonyl (C=O) groups excluding carboxylic acids is 3. The van der Waals surface area contributed by atoms with Crippen LogP contribution in [0.5, 0.6) is 5.75 Å². The van der Waals surface area contributed by atoms with Gasteiger partial charge in [0, 0.05) is 37.3 Å². The van der Waals surface area contributed by atoms with Gasteiger partial charge >= 0.3 is 5.69 Å². The summed E-state index contributed by atoms with van der Waals surface area (Å²) in [6.07, 6.45) is 0.0278. The standard InChI is InChI=1S/C24H27N3O9/c1-9(28)15-21(31)18(26(4)5)12-7-10-6-11-13(25(2)3)8-14(27(35)36)19(29)17(11)20(30)16(10)23(33)24(12,34)22(15)32/h8,10,12,18,29-30,32,34H,6-7H2,1-5H3/t10-,12-,18-,24+/m0/s1. The van der Waals surface area contributed by atoms with Crippen molar-refractivity contribution >= 4 is 34.5 Å². The number of aromatic hydroxyl groups is 1. The van der Waals surface area contributed by atoms with Crippen molar-refractivity contribution in [1.82, 2.24) is 4.90 Å². The lowest BCUT2D eigenvalue weighted by molar-refractivity contribution is -0.385. The fraction of sp³-hybridized carbons (Fsp3) is 0.458. The average Bonchev–Trinajstić information content (AvgIpc) is 2.75. The van der Waals surface area contributed by atoms with E-state index < -0.39 is 74.3 Å². The van der Waals surface area contributed by atoms with Crippen molar-refractivity contribution in [2.75, 3.05) is 33.1 Å². The van der Waals surface area contributed by atoms with Gasteiger partial charge in [0.2, 0.25) is 11.5 Å². The summed E-state index contributed by atoms with van der Waals surface area (Å²) < 4.78 is 0. The molecule has 1 fully saturated rings. The maximum Gasteiger partial charge on any atom is 0.313 e. The second kappa shape index (κ2) is 8.14. The molecule has 0 aliphatic heterocycles. The third-order valence-corrected chi connectivity index (χ3v) is 7.46. The van der Waals surface area contributed by atoms with E-state index in [-0.39, 0.29) is 24.0 Å². The number of benzene rings is 1. The van der Waals surface area contributed by atoms with E-state index in [1.807, 2.05) is 0 Å². The Labute approximate surface area is 205 Å². The van der Waals surface area contributed by atoms with Crippen LogP contribution < -0.4 is 4.90 Å². The van der Waals surface area contributed by atoms with Gasteiger partial charge in [0.25, 0.3) is 0 Å². The first-order valence-electron chi connectivity index (χ1n) is 11.2. The topological polar surface area (TPSA) is 182 Å². The summed E-state index contributed by atoms with van der Waals surface area (Å²) in [5.74, 6) is -7.22. The van der Waals surface area contributed by atoms with E-state index in [0.29, 0.717) is 11.3 Å². The number of aliphatic hydroxyl groups is 3. The number of hydrogen-bond donors (Lipinski definition) is 4. The fourth-order valence-corrected chi connectivity index (χ4v) is 5.92. The Morgan fingerprint density at radius 3 is 2.28 bits per heavy atom. The number of nitro benzene ring substituents is 1. The van der Waals surface area contributed by atoms with Crippen LogP contribution >= 0.6 is 0 Å². The zero-order valence-corrected chi connectivity index (χ0v) is 20.4. The summed E-state index contributed by atoms with van der Waals surface area (Å²) in [4.78, 5) is 53.0. The molecule has 4 atom stereocenters. The Bertz CT molecular complexity index is 1310.